The highest BCUT2D eigenvalue weighted by molar-refractivity contribution is 5.51. The van der Waals surface area contributed by atoms with E-state index in [2.05, 4.69) is 46.8 Å². The summed E-state index contributed by atoms with van der Waals surface area (Å²) in [6.07, 6.45) is 0.495. The summed E-state index contributed by atoms with van der Waals surface area (Å²) in [4.78, 5) is 0. The van der Waals surface area contributed by atoms with Crippen LogP contribution in [0, 0.1) is 34.6 Å². The molecular formula is C21H28O2. The SMILES string of the molecule is Cc1c(C)c(C)c(Cc2ccc(OCC(C)O)cc2)c(C)c1C. The average Bonchev–Trinajstić information content (AvgIpc) is 2.54. The molecule has 0 amide bonds. The van der Waals surface area contributed by atoms with Gasteiger partial charge < -0.3 is 9.84 Å². The Bertz CT molecular complexity index is 653. The van der Waals surface area contributed by atoms with E-state index in [-0.39, 0.29) is 0 Å². The highest BCUT2D eigenvalue weighted by atomic mass is 16.5. The van der Waals surface area contributed by atoms with Crippen LogP contribution in [0.15, 0.2) is 24.3 Å². The molecule has 0 saturated carbocycles. The predicted molar refractivity (Wildman–Crippen MR) is 96.6 cm³/mol. The summed E-state index contributed by atoms with van der Waals surface area (Å²) in [5, 5.41) is 9.27. The van der Waals surface area contributed by atoms with Crippen molar-refractivity contribution in [1.82, 2.24) is 0 Å². The molecule has 1 unspecified atom stereocenters. The number of rotatable bonds is 5. The van der Waals surface area contributed by atoms with Crippen LogP contribution in [-0.4, -0.2) is 17.8 Å². The summed E-state index contributed by atoms with van der Waals surface area (Å²) in [5.41, 5.74) is 9.73. The molecule has 2 nitrogen and oxygen atoms in total. The number of ether oxygens (including phenoxy) is 1. The molecule has 0 spiro atoms. The van der Waals surface area contributed by atoms with E-state index >= 15 is 0 Å². The minimum atomic E-state index is -0.446. The van der Waals surface area contributed by atoms with Gasteiger partial charge in [0.15, 0.2) is 0 Å². The van der Waals surface area contributed by atoms with Crippen LogP contribution in [0.4, 0.5) is 0 Å². The number of aliphatic hydroxyl groups excluding tert-OH is 1. The van der Waals surface area contributed by atoms with Gasteiger partial charge in [0, 0.05) is 0 Å². The molecule has 0 heterocycles. The Hall–Kier alpha value is -1.80. The zero-order chi connectivity index (χ0) is 17.1. The van der Waals surface area contributed by atoms with Gasteiger partial charge in [-0.15, -0.1) is 0 Å². The fourth-order valence-electron chi connectivity index (χ4n) is 2.97. The Balaban J connectivity index is 2.23. The normalized spacial score (nSPS) is 12.3. The summed E-state index contributed by atoms with van der Waals surface area (Å²) >= 11 is 0. The van der Waals surface area contributed by atoms with E-state index in [1.165, 1.54) is 38.9 Å². The molecule has 1 atom stereocenters. The molecule has 0 radical (unpaired) electrons. The highest BCUT2D eigenvalue weighted by Crippen LogP contribution is 2.28. The second kappa shape index (κ2) is 7.18. The minimum Gasteiger partial charge on any atom is -0.491 e. The van der Waals surface area contributed by atoms with Crippen molar-refractivity contribution in [3.63, 3.8) is 0 Å². The zero-order valence-electron chi connectivity index (χ0n) is 15.2. The summed E-state index contributed by atoms with van der Waals surface area (Å²) in [5.74, 6) is 0.805. The molecule has 0 aliphatic carbocycles. The standard InChI is InChI=1S/C21H28O2/c1-13(22)12-23-20-9-7-19(8-10-20)11-21-17(5)15(3)14(2)16(4)18(21)6/h7-10,13,22H,11-12H2,1-6H3. The van der Waals surface area contributed by atoms with Gasteiger partial charge in [0.05, 0.1) is 6.10 Å². The number of aliphatic hydroxyl groups is 1. The van der Waals surface area contributed by atoms with Crippen molar-refractivity contribution in [1.29, 1.82) is 0 Å². The van der Waals surface area contributed by atoms with Crippen molar-refractivity contribution < 1.29 is 9.84 Å². The molecule has 0 fully saturated rings. The molecule has 2 aromatic carbocycles. The maximum Gasteiger partial charge on any atom is 0.119 e. The molecule has 0 aromatic heterocycles. The van der Waals surface area contributed by atoms with E-state index in [0.717, 1.165) is 12.2 Å². The molecule has 124 valence electrons. The second-order valence-electron chi connectivity index (χ2n) is 6.58. The van der Waals surface area contributed by atoms with E-state index in [1.807, 2.05) is 12.1 Å². The van der Waals surface area contributed by atoms with Crippen molar-refractivity contribution in [3.05, 3.63) is 63.2 Å². The third-order valence-electron chi connectivity index (χ3n) is 4.95. The Kier molecular flexibility index (Phi) is 5.48. The topological polar surface area (TPSA) is 29.5 Å². The van der Waals surface area contributed by atoms with Gasteiger partial charge in [-0.1, -0.05) is 12.1 Å². The van der Waals surface area contributed by atoms with Crippen molar-refractivity contribution in [2.24, 2.45) is 0 Å². The quantitative estimate of drug-likeness (QED) is 0.875. The zero-order valence-corrected chi connectivity index (χ0v) is 15.2. The van der Waals surface area contributed by atoms with Gasteiger partial charge >= 0.3 is 0 Å². The maximum absolute atomic E-state index is 9.27. The first-order valence-electron chi connectivity index (χ1n) is 8.27. The number of hydrogen-bond acceptors (Lipinski definition) is 2. The summed E-state index contributed by atoms with van der Waals surface area (Å²) in [7, 11) is 0. The third kappa shape index (κ3) is 3.94. The first-order chi connectivity index (χ1) is 10.8. The monoisotopic (exact) mass is 312 g/mol. The van der Waals surface area contributed by atoms with Gasteiger partial charge in [-0.3, -0.25) is 0 Å². The summed E-state index contributed by atoms with van der Waals surface area (Å²) < 4.78 is 5.52. The molecule has 2 aromatic rings. The van der Waals surface area contributed by atoms with Crippen LogP contribution < -0.4 is 4.74 Å². The van der Waals surface area contributed by atoms with Crippen molar-refractivity contribution in [3.8, 4) is 5.75 Å². The Morgan fingerprint density at radius 3 is 1.78 bits per heavy atom. The molecule has 1 N–H and O–H groups in total. The van der Waals surface area contributed by atoms with Gasteiger partial charge in [0.1, 0.15) is 12.4 Å². The number of benzene rings is 2. The Labute approximate surface area is 140 Å². The fourth-order valence-corrected chi connectivity index (χ4v) is 2.97. The van der Waals surface area contributed by atoms with E-state index in [9.17, 15) is 5.11 Å². The lowest BCUT2D eigenvalue weighted by Gasteiger charge is -2.19. The maximum atomic E-state index is 9.27. The Morgan fingerprint density at radius 1 is 0.826 bits per heavy atom. The van der Waals surface area contributed by atoms with Crippen LogP contribution in [0.25, 0.3) is 0 Å². The lowest BCUT2D eigenvalue weighted by atomic mass is 9.87. The van der Waals surface area contributed by atoms with Crippen LogP contribution >= 0.6 is 0 Å². The van der Waals surface area contributed by atoms with Gasteiger partial charge in [0.25, 0.3) is 0 Å². The fraction of sp³-hybridized carbons (Fsp3) is 0.429. The molecule has 2 heteroatoms. The molecule has 0 bridgehead atoms. The molecule has 23 heavy (non-hydrogen) atoms. The first-order valence-corrected chi connectivity index (χ1v) is 8.27. The van der Waals surface area contributed by atoms with Gasteiger partial charge in [-0.25, -0.2) is 0 Å². The Morgan fingerprint density at radius 2 is 1.30 bits per heavy atom. The smallest absolute Gasteiger partial charge is 0.119 e. The largest absolute Gasteiger partial charge is 0.491 e. The molecular weight excluding hydrogens is 284 g/mol. The lowest BCUT2D eigenvalue weighted by molar-refractivity contribution is 0.122. The number of hydrogen-bond donors (Lipinski definition) is 1. The van der Waals surface area contributed by atoms with Gasteiger partial charge in [0.2, 0.25) is 0 Å². The van der Waals surface area contributed by atoms with E-state index < -0.39 is 6.10 Å². The van der Waals surface area contributed by atoms with Gasteiger partial charge in [-0.05, 0) is 99.0 Å². The molecule has 0 saturated heterocycles. The summed E-state index contributed by atoms with van der Waals surface area (Å²) in [6, 6.07) is 8.19. The second-order valence-corrected chi connectivity index (χ2v) is 6.58. The lowest BCUT2D eigenvalue weighted by Crippen LogP contribution is -2.12. The van der Waals surface area contributed by atoms with Crippen molar-refractivity contribution >= 4 is 0 Å². The van der Waals surface area contributed by atoms with Crippen LogP contribution in [0.3, 0.4) is 0 Å². The van der Waals surface area contributed by atoms with Crippen LogP contribution in [-0.2, 0) is 6.42 Å². The van der Waals surface area contributed by atoms with E-state index in [1.54, 1.807) is 6.92 Å². The minimum absolute atomic E-state index is 0.327. The van der Waals surface area contributed by atoms with E-state index in [0.29, 0.717) is 6.61 Å². The van der Waals surface area contributed by atoms with E-state index in [4.69, 9.17) is 4.74 Å². The molecule has 2 rings (SSSR count). The van der Waals surface area contributed by atoms with Gasteiger partial charge in [-0.2, -0.15) is 0 Å². The average molecular weight is 312 g/mol. The first kappa shape index (κ1) is 17.6. The van der Waals surface area contributed by atoms with Crippen molar-refractivity contribution in [2.75, 3.05) is 6.61 Å². The van der Waals surface area contributed by atoms with Crippen LogP contribution in [0.5, 0.6) is 5.75 Å². The third-order valence-corrected chi connectivity index (χ3v) is 4.95. The van der Waals surface area contributed by atoms with Crippen LogP contribution in [0.1, 0.15) is 45.9 Å². The summed E-state index contributed by atoms with van der Waals surface area (Å²) in [6.45, 7) is 13.1. The molecule has 0 aliphatic rings. The molecule has 0 aliphatic heterocycles. The highest BCUT2D eigenvalue weighted by Gasteiger charge is 2.12. The van der Waals surface area contributed by atoms with Crippen LogP contribution in [0.2, 0.25) is 0 Å². The van der Waals surface area contributed by atoms with Crippen molar-refractivity contribution in [2.45, 2.75) is 54.1 Å². The predicted octanol–water partition coefficient (Wildman–Crippen LogP) is 4.58.